The molecule has 0 spiro atoms. The lowest BCUT2D eigenvalue weighted by molar-refractivity contribution is 0.760. The van der Waals surface area contributed by atoms with E-state index in [2.05, 4.69) is 47.1 Å². The van der Waals surface area contributed by atoms with Crippen molar-refractivity contribution in [3.8, 4) is 0 Å². The van der Waals surface area contributed by atoms with Gasteiger partial charge in [0, 0.05) is 29.0 Å². The van der Waals surface area contributed by atoms with Gasteiger partial charge in [-0.3, -0.25) is 4.98 Å². The van der Waals surface area contributed by atoms with Crippen molar-refractivity contribution >= 4 is 28.0 Å². The summed E-state index contributed by atoms with van der Waals surface area (Å²) in [6, 6.07) is 17.1. The summed E-state index contributed by atoms with van der Waals surface area (Å²) in [6.07, 6.45) is 2.90. The van der Waals surface area contributed by atoms with E-state index in [9.17, 15) is 0 Å². The van der Waals surface area contributed by atoms with Crippen LogP contribution < -0.4 is 10.6 Å². The van der Waals surface area contributed by atoms with Gasteiger partial charge in [-0.15, -0.1) is 0 Å². The van der Waals surface area contributed by atoms with Crippen molar-refractivity contribution in [2.45, 2.75) is 19.4 Å². The van der Waals surface area contributed by atoms with Gasteiger partial charge < -0.3 is 10.6 Å². The first-order chi connectivity index (χ1) is 10.3. The first-order valence-electron chi connectivity index (χ1n) is 7.26. The van der Waals surface area contributed by atoms with Crippen LogP contribution in [-0.2, 0) is 6.42 Å². The number of nitrogen functional groups attached to an aromatic ring is 1. The average molecular weight is 275 g/mol. The van der Waals surface area contributed by atoms with Crippen molar-refractivity contribution < 1.29 is 0 Å². The number of para-hydroxylation sites is 1. The van der Waals surface area contributed by atoms with Gasteiger partial charge in [0.15, 0.2) is 0 Å². The molecular weight excluding hydrogens is 258 g/mol. The van der Waals surface area contributed by atoms with Crippen LogP contribution in [0.25, 0.3) is 10.9 Å². The topological polar surface area (TPSA) is 42.1 Å². The van der Waals surface area contributed by atoms with Crippen molar-refractivity contribution in [1.29, 1.82) is 0 Å². The molecule has 2 aromatic carbocycles. The molecule has 1 aromatic heterocycles. The highest BCUT2D eigenvalue weighted by atomic mass is 15.2. The summed E-state index contributed by atoms with van der Waals surface area (Å²) in [5, 5.41) is 1.02. The SMILES string of the molecule is CC1Cc2ccccc2N1c1ccc(N)c2cccnc12. The monoisotopic (exact) mass is 275 g/mol. The second-order valence-electron chi connectivity index (χ2n) is 5.63. The van der Waals surface area contributed by atoms with Crippen molar-refractivity contribution in [2.75, 3.05) is 10.6 Å². The minimum Gasteiger partial charge on any atom is -0.398 e. The van der Waals surface area contributed by atoms with E-state index in [-0.39, 0.29) is 0 Å². The third kappa shape index (κ3) is 1.77. The van der Waals surface area contributed by atoms with E-state index in [1.54, 1.807) is 0 Å². The molecule has 0 aliphatic carbocycles. The number of benzene rings is 2. The Morgan fingerprint density at radius 1 is 1.05 bits per heavy atom. The average Bonchev–Trinajstić information content (AvgIpc) is 2.84. The minimum absolute atomic E-state index is 0.427. The zero-order valence-corrected chi connectivity index (χ0v) is 12.0. The summed E-state index contributed by atoms with van der Waals surface area (Å²) in [4.78, 5) is 6.95. The first-order valence-corrected chi connectivity index (χ1v) is 7.26. The lowest BCUT2D eigenvalue weighted by Gasteiger charge is -2.26. The molecule has 2 N–H and O–H groups in total. The number of nitrogens with zero attached hydrogens (tertiary/aromatic N) is 2. The Morgan fingerprint density at radius 3 is 2.81 bits per heavy atom. The highest BCUT2D eigenvalue weighted by molar-refractivity contribution is 6.00. The van der Waals surface area contributed by atoms with Crippen LogP contribution >= 0.6 is 0 Å². The molecule has 0 saturated carbocycles. The van der Waals surface area contributed by atoms with Crippen LogP contribution in [0.4, 0.5) is 17.1 Å². The Hall–Kier alpha value is -2.55. The van der Waals surface area contributed by atoms with Gasteiger partial charge in [0.25, 0.3) is 0 Å². The lowest BCUT2D eigenvalue weighted by atomic mass is 10.1. The molecule has 4 rings (SSSR count). The predicted octanol–water partition coefficient (Wildman–Crippen LogP) is 3.90. The van der Waals surface area contributed by atoms with E-state index in [4.69, 9.17) is 5.73 Å². The summed E-state index contributed by atoms with van der Waals surface area (Å²) in [6.45, 7) is 2.26. The zero-order chi connectivity index (χ0) is 14.4. The number of hydrogen-bond acceptors (Lipinski definition) is 3. The molecule has 21 heavy (non-hydrogen) atoms. The number of nitrogens with two attached hydrogens (primary N) is 1. The van der Waals surface area contributed by atoms with E-state index in [1.807, 2.05) is 24.4 Å². The van der Waals surface area contributed by atoms with Gasteiger partial charge in [-0.25, -0.2) is 0 Å². The maximum Gasteiger partial charge on any atom is 0.0959 e. The van der Waals surface area contributed by atoms with Crippen LogP contribution in [0, 0.1) is 0 Å². The van der Waals surface area contributed by atoms with Gasteiger partial charge >= 0.3 is 0 Å². The number of pyridine rings is 1. The molecule has 1 unspecified atom stereocenters. The van der Waals surface area contributed by atoms with Gasteiger partial charge in [0.1, 0.15) is 0 Å². The van der Waals surface area contributed by atoms with Crippen LogP contribution in [0.3, 0.4) is 0 Å². The van der Waals surface area contributed by atoms with Crippen LogP contribution in [0.15, 0.2) is 54.7 Å². The number of aromatic nitrogens is 1. The van der Waals surface area contributed by atoms with Crippen LogP contribution in [-0.4, -0.2) is 11.0 Å². The lowest BCUT2D eigenvalue weighted by Crippen LogP contribution is -2.24. The molecule has 104 valence electrons. The maximum absolute atomic E-state index is 6.09. The predicted molar refractivity (Wildman–Crippen MR) is 87.9 cm³/mol. The molecule has 1 aliphatic heterocycles. The Kier molecular flexibility index (Phi) is 2.61. The third-order valence-corrected chi connectivity index (χ3v) is 4.25. The summed E-state index contributed by atoms with van der Waals surface area (Å²) >= 11 is 0. The van der Waals surface area contributed by atoms with Crippen molar-refractivity contribution in [1.82, 2.24) is 4.98 Å². The van der Waals surface area contributed by atoms with Gasteiger partial charge in [-0.1, -0.05) is 18.2 Å². The zero-order valence-electron chi connectivity index (χ0n) is 12.0. The van der Waals surface area contributed by atoms with Gasteiger partial charge in [0.05, 0.1) is 11.2 Å². The van der Waals surface area contributed by atoms with E-state index in [0.717, 1.165) is 28.7 Å². The molecule has 0 radical (unpaired) electrons. The Bertz CT molecular complexity index is 826. The third-order valence-electron chi connectivity index (χ3n) is 4.25. The van der Waals surface area contributed by atoms with E-state index < -0.39 is 0 Å². The highest BCUT2D eigenvalue weighted by Crippen LogP contribution is 2.41. The van der Waals surface area contributed by atoms with Crippen molar-refractivity contribution in [2.24, 2.45) is 0 Å². The largest absolute Gasteiger partial charge is 0.398 e. The second kappa shape index (κ2) is 4.48. The van der Waals surface area contributed by atoms with Crippen molar-refractivity contribution in [3.05, 3.63) is 60.3 Å². The molecule has 3 heteroatoms. The summed E-state index contributed by atoms with van der Waals surface area (Å²) in [5.41, 5.74) is 11.7. The Labute approximate surface area is 124 Å². The fourth-order valence-electron chi connectivity index (χ4n) is 3.31. The summed E-state index contributed by atoms with van der Waals surface area (Å²) in [5.74, 6) is 0. The normalized spacial score (nSPS) is 17.2. The minimum atomic E-state index is 0.427. The Morgan fingerprint density at radius 2 is 1.90 bits per heavy atom. The molecule has 3 nitrogen and oxygen atoms in total. The molecule has 2 heterocycles. The molecule has 0 bridgehead atoms. The van der Waals surface area contributed by atoms with E-state index in [0.29, 0.717) is 6.04 Å². The standard InChI is InChI=1S/C18H17N3/c1-12-11-13-5-2-3-7-16(13)21(12)17-9-8-15(19)14-6-4-10-20-18(14)17/h2-10,12H,11,19H2,1H3. The number of rotatable bonds is 1. The number of anilines is 3. The molecule has 1 atom stereocenters. The van der Waals surface area contributed by atoms with Crippen LogP contribution in [0.5, 0.6) is 0 Å². The maximum atomic E-state index is 6.09. The summed E-state index contributed by atoms with van der Waals surface area (Å²) in [7, 11) is 0. The number of hydrogen-bond donors (Lipinski definition) is 1. The van der Waals surface area contributed by atoms with Crippen molar-refractivity contribution in [3.63, 3.8) is 0 Å². The Balaban J connectivity index is 1.97. The van der Waals surface area contributed by atoms with Gasteiger partial charge in [0.2, 0.25) is 0 Å². The van der Waals surface area contributed by atoms with E-state index >= 15 is 0 Å². The van der Waals surface area contributed by atoms with E-state index in [1.165, 1.54) is 11.3 Å². The molecule has 0 fully saturated rings. The fourth-order valence-corrected chi connectivity index (χ4v) is 3.31. The molecular formula is C18H17N3. The molecule has 0 saturated heterocycles. The smallest absolute Gasteiger partial charge is 0.0959 e. The highest BCUT2D eigenvalue weighted by Gasteiger charge is 2.28. The fraction of sp³-hybridized carbons (Fsp3) is 0.167. The number of fused-ring (bicyclic) bond motifs is 2. The quantitative estimate of drug-likeness (QED) is 0.685. The van der Waals surface area contributed by atoms with Crippen LogP contribution in [0.2, 0.25) is 0 Å². The molecule has 1 aliphatic rings. The second-order valence-corrected chi connectivity index (χ2v) is 5.63. The molecule has 3 aromatic rings. The van der Waals surface area contributed by atoms with Gasteiger partial charge in [-0.05, 0) is 49.2 Å². The van der Waals surface area contributed by atoms with Crippen LogP contribution in [0.1, 0.15) is 12.5 Å². The first kappa shape index (κ1) is 12.2. The van der Waals surface area contributed by atoms with Gasteiger partial charge in [-0.2, -0.15) is 0 Å². The summed E-state index contributed by atoms with van der Waals surface area (Å²) < 4.78 is 0. The molecule has 0 amide bonds.